The Labute approximate surface area is 115 Å². The standard InChI is InChI=1S/C13H15ClN2O3/c14-8-4-10(15-5-8)12(17)16-6-7-2-1-3-9(7)11(16)13(18)19/h4-5,7,9,11,15H,1-3,6H2,(H,18,19). The minimum absolute atomic E-state index is 0.104. The van der Waals surface area contributed by atoms with Crippen LogP contribution in [0.15, 0.2) is 12.3 Å². The molecule has 19 heavy (non-hydrogen) atoms. The van der Waals surface area contributed by atoms with E-state index in [1.54, 1.807) is 0 Å². The summed E-state index contributed by atoms with van der Waals surface area (Å²) in [5, 5.41) is 9.85. The molecule has 0 aromatic carbocycles. The van der Waals surface area contributed by atoms with Gasteiger partial charge in [0.2, 0.25) is 0 Å². The second-order valence-electron chi connectivity index (χ2n) is 5.33. The molecule has 3 unspecified atom stereocenters. The van der Waals surface area contributed by atoms with Crippen molar-refractivity contribution in [1.82, 2.24) is 9.88 Å². The van der Waals surface area contributed by atoms with E-state index >= 15 is 0 Å². The molecule has 1 aromatic rings. The molecule has 5 nitrogen and oxygen atoms in total. The van der Waals surface area contributed by atoms with E-state index in [0.717, 1.165) is 19.3 Å². The van der Waals surface area contributed by atoms with Crippen LogP contribution in [-0.4, -0.2) is 39.5 Å². The van der Waals surface area contributed by atoms with Crippen molar-refractivity contribution in [3.8, 4) is 0 Å². The number of aliphatic carboxylic acids is 1. The predicted molar refractivity (Wildman–Crippen MR) is 69.1 cm³/mol. The fourth-order valence-corrected chi connectivity index (χ4v) is 3.64. The maximum atomic E-state index is 12.4. The molecule has 3 rings (SSSR count). The summed E-state index contributed by atoms with van der Waals surface area (Å²) in [5.74, 6) is -0.739. The van der Waals surface area contributed by atoms with E-state index in [1.807, 2.05) is 0 Å². The van der Waals surface area contributed by atoms with Gasteiger partial charge in [0.1, 0.15) is 11.7 Å². The van der Waals surface area contributed by atoms with Crippen molar-refractivity contribution in [2.24, 2.45) is 11.8 Å². The maximum absolute atomic E-state index is 12.4. The van der Waals surface area contributed by atoms with Crippen LogP contribution in [0.2, 0.25) is 5.02 Å². The van der Waals surface area contributed by atoms with Gasteiger partial charge in [0.15, 0.2) is 0 Å². The number of nitrogens with zero attached hydrogens (tertiary/aromatic N) is 1. The van der Waals surface area contributed by atoms with Crippen molar-refractivity contribution in [3.05, 3.63) is 23.0 Å². The van der Waals surface area contributed by atoms with Gasteiger partial charge >= 0.3 is 5.97 Å². The zero-order valence-electron chi connectivity index (χ0n) is 10.3. The predicted octanol–water partition coefficient (Wildman–Crippen LogP) is 1.99. The number of aromatic amines is 1. The van der Waals surface area contributed by atoms with E-state index in [2.05, 4.69) is 4.98 Å². The van der Waals surface area contributed by atoms with Crippen molar-refractivity contribution in [2.45, 2.75) is 25.3 Å². The zero-order chi connectivity index (χ0) is 13.6. The molecule has 0 spiro atoms. The van der Waals surface area contributed by atoms with Gasteiger partial charge in [0.05, 0.1) is 5.02 Å². The van der Waals surface area contributed by atoms with Crippen LogP contribution in [0.5, 0.6) is 0 Å². The van der Waals surface area contributed by atoms with E-state index in [1.165, 1.54) is 17.2 Å². The smallest absolute Gasteiger partial charge is 0.326 e. The lowest BCUT2D eigenvalue weighted by molar-refractivity contribution is -0.142. The maximum Gasteiger partial charge on any atom is 0.326 e. The number of H-pyrrole nitrogens is 1. The Morgan fingerprint density at radius 2 is 2.21 bits per heavy atom. The minimum atomic E-state index is -0.902. The number of carboxylic acid groups (broad SMARTS) is 1. The van der Waals surface area contributed by atoms with Crippen LogP contribution in [0.4, 0.5) is 0 Å². The second-order valence-corrected chi connectivity index (χ2v) is 5.76. The van der Waals surface area contributed by atoms with Gasteiger partial charge in [-0.15, -0.1) is 0 Å². The molecular weight excluding hydrogens is 268 g/mol. The van der Waals surface area contributed by atoms with Crippen LogP contribution in [-0.2, 0) is 4.79 Å². The molecule has 1 aliphatic heterocycles. The zero-order valence-corrected chi connectivity index (χ0v) is 11.1. The normalized spacial score (nSPS) is 29.5. The molecule has 102 valence electrons. The molecule has 3 atom stereocenters. The number of rotatable bonds is 2. The van der Waals surface area contributed by atoms with Gasteiger partial charge in [-0.05, 0) is 30.7 Å². The molecular formula is C13H15ClN2O3. The molecule has 0 radical (unpaired) electrons. The highest BCUT2D eigenvalue weighted by atomic mass is 35.5. The Kier molecular flexibility index (Phi) is 3.01. The average Bonchev–Trinajstić information content (AvgIpc) is 3.00. The molecule has 1 saturated heterocycles. The number of hydrogen-bond acceptors (Lipinski definition) is 2. The number of carbonyl (C=O) groups excluding carboxylic acids is 1. The summed E-state index contributed by atoms with van der Waals surface area (Å²) in [6.07, 6.45) is 4.51. The lowest BCUT2D eigenvalue weighted by Crippen LogP contribution is -2.43. The molecule has 1 aliphatic carbocycles. The number of amides is 1. The van der Waals surface area contributed by atoms with Crippen LogP contribution in [0, 0.1) is 11.8 Å². The number of carbonyl (C=O) groups is 2. The van der Waals surface area contributed by atoms with E-state index in [0.29, 0.717) is 23.2 Å². The topological polar surface area (TPSA) is 73.4 Å². The monoisotopic (exact) mass is 282 g/mol. The first-order valence-corrected chi connectivity index (χ1v) is 6.83. The van der Waals surface area contributed by atoms with Gasteiger partial charge in [0, 0.05) is 12.7 Å². The summed E-state index contributed by atoms with van der Waals surface area (Å²) in [6, 6.07) is 0.846. The lowest BCUT2D eigenvalue weighted by atomic mass is 9.94. The molecule has 2 aliphatic rings. The van der Waals surface area contributed by atoms with Crippen LogP contribution >= 0.6 is 11.6 Å². The summed E-state index contributed by atoms with van der Waals surface area (Å²) < 4.78 is 0. The van der Waals surface area contributed by atoms with E-state index in [9.17, 15) is 14.7 Å². The highest BCUT2D eigenvalue weighted by Gasteiger charge is 2.49. The van der Waals surface area contributed by atoms with Crippen molar-refractivity contribution >= 4 is 23.5 Å². The van der Waals surface area contributed by atoms with Gasteiger partial charge in [-0.2, -0.15) is 0 Å². The first-order valence-electron chi connectivity index (χ1n) is 6.45. The number of likely N-dealkylation sites (tertiary alicyclic amines) is 1. The quantitative estimate of drug-likeness (QED) is 0.871. The number of halogens is 1. The number of fused-ring (bicyclic) bond motifs is 1. The molecule has 0 bridgehead atoms. The fourth-order valence-electron chi connectivity index (χ4n) is 3.48. The van der Waals surface area contributed by atoms with Gasteiger partial charge < -0.3 is 15.0 Å². The van der Waals surface area contributed by atoms with Gasteiger partial charge in [-0.3, -0.25) is 4.79 Å². The van der Waals surface area contributed by atoms with Gasteiger partial charge in [0.25, 0.3) is 5.91 Å². The van der Waals surface area contributed by atoms with Gasteiger partial charge in [-0.1, -0.05) is 18.0 Å². The molecule has 1 amide bonds. The molecule has 2 N–H and O–H groups in total. The summed E-state index contributed by atoms with van der Waals surface area (Å²) >= 11 is 5.79. The Balaban J connectivity index is 1.87. The Morgan fingerprint density at radius 3 is 2.84 bits per heavy atom. The summed E-state index contributed by atoms with van der Waals surface area (Å²) in [5.41, 5.74) is 0.358. The van der Waals surface area contributed by atoms with Gasteiger partial charge in [-0.25, -0.2) is 4.79 Å². The third kappa shape index (κ3) is 2.02. The first kappa shape index (κ1) is 12.5. The SMILES string of the molecule is O=C(O)C1C2CCCC2CN1C(=O)c1cc(Cl)c[nH]1. The third-order valence-corrected chi connectivity index (χ3v) is 4.50. The van der Waals surface area contributed by atoms with Crippen LogP contribution in [0.3, 0.4) is 0 Å². The van der Waals surface area contributed by atoms with Crippen molar-refractivity contribution < 1.29 is 14.7 Å². The lowest BCUT2D eigenvalue weighted by Gasteiger charge is -2.23. The summed E-state index contributed by atoms with van der Waals surface area (Å²) in [6.45, 7) is 0.539. The first-order chi connectivity index (χ1) is 9.08. The highest BCUT2D eigenvalue weighted by Crippen LogP contribution is 2.42. The van der Waals surface area contributed by atoms with E-state index in [4.69, 9.17) is 11.6 Å². The van der Waals surface area contributed by atoms with Crippen molar-refractivity contribution in [3.63, 3.8) is 0 Å². The summed E-state index contributed by atoms with van der Waals surface area (Å²) in [4.78, 5) is 28.1. The van der Waals surface area contributed by atoms with Crippen molar-refractivity contribution in [1.29, 1.82) is 0 Å². The Hall–Kier alpha value is -1.49. The number of aromatic nitrogens is 1. The van der Waals surface area contributed by atoms with Crippen LogP contribution < -0.4 is 0 Å². The number of nitrogens with one attached hydrogen (secondary N) is 1. The van der Waals surface area contributed by atoms with Crippen LogP contribution in [0.25, 0.3) is 0 Å². The largest absolute Gasteiger partial charge is 0.480 e. The molecule has 6 heteroatoms. The Bertz CT molecular complexity index is 528. The number of carboxylic acids is 1. The molecule has 1 aromatic heterocycles. The van der Waals surface area contributed by atoms with Crippen molar-refractivity contribution in [2.75, 3.05) is 6.54 Å². The fraction of sp³-hybridized carbons (Fsp3) is 0.538. The molecule has 2 heterocycles. The second kappa shape index (κ2) is 4.56. The van der Waals surface area contributed by atoms with Crippen LogP contribution in [0.1, 0.15) is 29.8 Å². The number of hydrogen-bond donors (Lipinski definition) is 2. The Morgan fingerprint density at radius 1 is 1.42 bits per heavy atom. The highest BCUT2D eigenvalue weighted by molar-refractivity contribution is 6.31. The minimum Gasteiger partial charge on any atom is -0.480 e. The van der Waals surface area contributed by atoms with E-state index < -0.39 is 12.0 Å². The average molecular weight is 283 g/mol. The molecule has 2 fully saturated rings. The van der Waals surface area contributed by atoms with E-state index in [-0.39, 0.29) is 11.8 Å². The molecule has 1 saturated carbocycles. The summed E-state index contributed by atoms with van der Waals surface area (Å²) in [7, 11) is 0. The third-order valence-electron chi connectivity index (χ3n) is 4.28.